The monoisotopic (exact) mass is 346 g/mol. The van der Waals surface area contributed by atoms with Crippen LogP contribution in [-0.4, -0.2) is 4.98 Å². The number of aromatic nitrogens is 1. The van der Waals surface area contributed by atoms with Crippen molar-refractivity contribution in [1.29, 1.82) is 0 Å². The summed E-state index contributed by atoms with van der Waals surface area (Å²) >= 11 is 0. The van der Waals surface area contributed by atoms with Gasteiger partial charge < -0.3 is 5.73 Å². The Morgan fingerprint density at radius 2 is 1.26 bits per heavy atom. The van der Waals surface area contributed by atoms with E-state index in [1.807, 2.05) is 24.3 Å². The van der Waals surface area contributed by atoms with E-state index in [0.29, 0.717) is 0 Å². The topological polar surface area (TPSA) is 38.9 Å². The molecule has 0 amide bonds. The Morgan fingerprint density at radius 3 is 2.15 bits per heavy atom. The van der Waals surface area contributed by atoms with Crippen molar-refractivity contribution in [2.24, 2.45) is 0 Å². The summed E-state index contributed by atoms with van der Waals surface area (Å²) in [5.74, 6) is 0. The molecule has 0 spiro atoms. The largest absolute Gasteiger partial charge is 0.398 e. The molecule has 0 aliphatic carbocycles. The molecule has 0 unspecified atom stereocenters. The van der Waals surface area contributed by atoms with E-state index in [1.165, 1.54) is 10.8 Å². The molecule has 128 valence electrons. The fourth-order valence-electron chi connectivity index (χ4n) is 3.55. The number of para-hydroxylation sites is 1. The summed E-state index contributed by atoms with van der Waals surface area (Å²) in [5, 5.41) is 3.59. The molecule has 0 fully saturated rings. The number of benzene rings is 4. The van der Waals surface area contributed by atoms with E-state index >= 15 is 0 Å². The summed E-state index contributed by atoms with van der Waals surface area (Å²) in [6.45, 7) is 0. The Morgan fingerprint density at radius 1 is 0.556 bits per heavy atom. The standard InChI is InChI=1S/C25H18N2/c26-23-8-4-3-7-22(23)20-11-10-18-13-14-24(27-25(18)16-20)21-12-9-17-5-1-2-6-19(17)15-21/h1-16H,26H2. The van der Waals surface area contributed by atoms with Crippen LogP contribution in [0.5, 0.6) is 0 Å². The average molecular weight is 346 g/mol. The molecule has 1 aromatic heterocycles. The van der Waals surface area contributed by atoms with Crippen LogP contribution >= 0.6 is 0 Å². The molecule has 2 N–H and O–H groups in total. The molecule has 4 aromatic carbocycles. The molecule has 0 saturated heterocycles. The van der Waals surface area contributed by atoms with Crippen molar-refractivity contribution >= 4 is 27.4 Å². The highest BCUT2D eigenvalue weighted by molar-refractivity contribution is 5.90. The highest BCUT2D eigenvalue weighted by atomic mass is 14.7. The first-order valence-corrected chi connectivity index (χ1v) is 9.03. The van der Waals surface area contributed by atoms with E-state index in [1.54, 1.807) is 0 Å². The predicted octanol–water partition coefficient (Wildman–Crippen LogP) is 6.30. The number of pyridine rings is 1. The number of hydrogen-bond donors (Lipinski definition) is 1. The van der Waals surface area contributed by atoms with Crippen LogP contribution in [-0.2, 0) is 0 Å². The summed E-state index contributed by atoms with van der Waals surface area (Å²) in [5.41, 5.74) is 12.1. The van der Waals surface area contributed by atoms with Gasteiger partial charge in [0, 0.05) is 22.2 Å². The lowest BCUT2D eigenvalue weighted by molar-refractivity contribution is 1.40. The highest BCUT2D eigenvalue weighted by Crippen LogP contribution is 2.30. The van der Waals surface area contributed by atoms with Crippen LogP contribution < -0.4 is 5.73 Å². The minimum absolute atomic E-state index is 0.780. The molecule has 1 heterocycles. The van der Waals surface area contributed by atoms with Crippen molar-refractivity contribution in [1.82, 2.24) is 4.98 Å². The van der Waals surface area contributed by atoms with Crippen molar-refractivity contribution in [3.05, 3.63) is 97.1 Å². The van der Waals surface area contributed by atoms with E-state index in [4.69, 9.17) is 10.7 Å². The molecule has 27 heavy (non-hydrogen) atoms. The van der Waals surface area contributed by atoms with Crippen LogP contribution in [0.3, 0.4) is 0 Å². The van der Waals surface area contributed by atoms with E-state index in [-0.39, 0.29) is 0 Å². The minimum atomic E-state index is 0.780. The summed E-state index contributed by atoms with van der Waals surface area (Å²) in [6, 6.07) is 33.4. The van der Waals surface area contributed by atoms with Crippen LogP contribution in [0, 0.1) is 0 Å². The van der Waals surface area contributed by atoms with Crippen molar-refractivity contribution < 1.29 is 0 Å². The molecule has 5 aromatic rings. The second-order valence-corrected chi connectivity index (χ2v) is 6.75. The summed E-state index contributed by atoms with van der Waals surface area (Å²) in [4.78, 5) is 4.93. The van der Waals surface area contributed by atoms with Crippen molar-refractivity contribution in [2.75, 3.05) is 5.73 Å². The van der Waals surface area contributed by atoms with Crippen molar-refractivity contribution in [3.63, 3.8) is 0 Å². The first-order valence-electron chi connectivity index (χ1n) is 9.03. The van der Waals surface area contributed by atoms with Gasteiger partial charge in [-0.05, 0) is 40.6 Å². The van der Waals surface area contributed by atoms with E-state index in [9.17, 15) is 0 Å². The fourth-order valence-corrected chi connectivity index (χ4v) is 3.55. The lowest BCUT2D eigenvalue weighted by Crippen LogP contribution is -1.90. The van der Waals surface area contributed by atoms with E-state index < -0.39 is 0 Å². The Bertz CT molecular complexity index is 1290. The van der Waals surface area contributed by atoms with Crippen molar-refractivity contribution in [2.45, 2.75) is 0 Å². The zero-order valence-electron chi connectivity index (χ0n) is 14.8. The number of rotatable bonds is 2. The number of nitrogens with two attached hydrogens (primary N) is 1. The van der Waals surface area contributed by atoms with Gasteiger partial charge in [0.2, 0.25) is 0 Å². The Kier molecular flexibility index (Phi) is 3.61. The van der Waals surface area contributed by atoms with Gasteiger partial charge in [0.1, 0.15) is 0 Å². The molecule has 5 rings (SSSR count). The van der Waals surface area contributed by atoms with Crippen molar-refractivity contribution in [3.8, 4) is 22.4 Å². The average Bonchev–Trinajstić information content (AvgIpc) is 2.73. The Balaban J connectivity index is 1.64. The second-order valence-electron chi connectivity index (χ2n) is 6.75. The Labute approximate surface area is 157 Å². The van der Waals surface area contributed by atoms with Gasteiger partial charge >= 0.3 is 0 Å². The van der Waals surface area contributed by atoms with Crippen LogP contribution in [0.15, 0.2) is 97.1 Å². The van der Waals surface area contributed by atoms with E-state index in [2.05, 4.69) is 72.8 Å². The van der Waals surface area contributed by atoms with Crippen LogP contribution in [0.4, 0.5) is 5.69 Å². The molecule has 0 aliphatic rings. The van der Waals surface area contributed by atoms with Crippen LogP contribution in [0.25, 0.3) is 44.1 Å². The van der Waals surface area contributed by atoms with Gasteiger partial charge in [0.05, 0.1) is 11.2 Å². The fraction of sp³-hybridized carbons (Fsp3) is 0. The SMILES string of the molecule is Nc1ccccc1-c1ccc2ccc(-c3ccc4ccccc4c3)nc2c1. The smallest absolute Gasteiger partial charge is 0.0715 e. The van der Waals surface area contributed by atoms with E-state index in [0.717, 1.165) is 39.0 Å². The number of anilines is 1. The lowest BCUT2D eigenvalue weighted by atomic mass is 10.0. The Hall–Kier alpha value is -3.65. The molecular weight excluding hydrogens is 328 g/mol. The van der Waals surface area contributed by atoms with Gasteiger partial charge in [0.15, 0.2) is 0 Å². The molecule has 2 nitrogen and oxygen atoms in total. The molecule has 0 saturated carbocycles. The molecule has 0 radical (unpaired) electrons. The molecule has 2 heteroatoms. The maximum absolute atomic E-state index is 6.15. The molecule has 0 atom stereocenters. The number of nitrogens with zero attached hydrogens (tertiary/aromatic N) is 1. The zero-order chi connectivity index (χ0) is 18.2. The third-order valence-electron chi connectivity index (χ3n) is 5.01. The maximum Gasteiger partial charge on any atom is 0.0715 e. The summed E-state index contributed by atoms with van der Waals surface area (Å²) < 4.78 is 0. The number of hydrogen-bond acceptors (Lipinski definition) is 2. The molecule has 0 aliphatic heterocycles. The quantitative estimate of drug-likeness (QED) is 0.381. The van der Waals surface area contributed by atoms with Gasteiger partial charge in [-0.25, -0.2) is 4.98 Å². The first-order chi connectivity index (χ1) is 13.3. The van der Waals surface area contributed by atoms with Gasteiger partial charge in [-0.2, -0.15) is 0 Å². The maximum atomic E-state index is 6.15. The molecular formula is C25H18N2. The first kappa shape index (κ1) is 15.6. The summed E-state index contributed by atoms with van der Waals surface area (Å²) in [7, 11) is 0. The summed E-state index contributed by atoms with van der Waals surface area (Å²) in [6.07, 6.45) is 0. The minimum Gasteiger partial charge on any atom is -0.398 e. The second kappa shape index (κ2) is 6.26. The normalized spacial score (nSPS) is 11.1. The number of nitrogen functional groups attached to an aromatic ring is 1. The zero-order valence-corrected chi connectivity index (χ0v) is 14.8. The third-order valence-corrected chi connectivity index (χ3v) is 5.01. The van der Waals surface area contributed by atoms with Gasteiger partial charge in [0.25, 0.3) is 0 Å². The molecule has 0 bridgehead atoms. The van der Waals surface area contributed by atoms with Crippen LogP contribution in [0.2, 0.25) is 0 Å². The van der Waals surface area contributed by atoms with Gasteiger partial charge in [-0.1, -0.05) is 72.8 Å². The highest BCUT2D eigenvalue weighted by Gasteiger charge is 2.06. The predicted molar refractivity (Wildman–Crippen MR) is 115 cm³/mol. The van der Waals surface area contributed by atoms with Gasteiger partial charge in [-0.3, -0.25) is 0 Å². The van der Waals surface area contributed by atoms with Crippen LogP contribution in [0.1, 0.15) is 0 Å². The number of fused-ring (bicyclic) bond motifs is 2. The van der Waals surface area contributed by atoms with Gasteiger partial charge in [-0.15, -0.1) is 0 Å². The lowest BCUT2D eigenvalue weighted by Gasteiger charge is -2.09. The third kappa shape index (κ3) is 2.81.